The van der Waals surface area contributed by atoms with E-state index >= 15 is 4.39 Å². The number of benzene rings is 2. The first kappa shape index (κ1) is 26.6. The highest BCUT2D eigenvalue weighted by Crippen LogP contribution is 2.42. The highest BCUT2D eigenvalue weighted by Gasteiger charge is 2.33. The van der Waals surface area contributed by atoms with Crippen molar-refractivity contribution < 1.29 is 22.7 Å². The maximum Gasteiger partial charge on any atom is 0.341 e. The minimum absolute atomic E-state index is 0.0159. The SMILES string of the molecule is CC(C)(C)c1ccc(S(=O)(=O)NC2CCN(c3c(F)cc4c(=O)c(C(=O)O)cn(C5CC5)c4c3Cl)C2)cc1. The van der Waals surface area contributed by atoms with E-state index in [2.05, 4.69) is 4.72 Å². The van der Waals surface area contributed by atoms with Gasteiger partial charge in [-0.15, -0.1) is 0 Å². The molecule has 1 atom stereocenters. The first-order valence-electron chi connectivity index (χ1n) is 12.5. The maximum atomic E-state index is 15.4. The minimum atomic E-state index is -3.80. The summed E-state index contributed by atoms with van der Waals surface area (Å²) in [6.07, 6.45) is 3.30. The van der Waals surface area contributed by atoms with Crippen molar-refractivity contribution in [2.24, 2.45) is 0 Å². The number of nitrogens with zero attached hydrogens (tertiary/aromatic N) is 2. The van der Waals surface area contributed by atoms with Crippen LogP contribution in [0.3, 0.4) is 0 Å². The summed E-state index contributed by atoms with van der Waals surface area (Å²) in [7, 11) is -3.80. The molecule has 0 radical (unpaired) electrons. The third-order valence-electron chi connectivity index (χ3n) is 7.21. The number of sulfonamides is 1. The van der Waals surface area contributed by atoms with E-state index in [9.17, 15) is 23.1 Å². The number of fused-ring (bicyclic) bond motifs is 1. The second-order valence-electron chi connectivity index (χ2n) is 11.1. The van der Waals surface area contributed by atoms with E-state index in [-0.39, 0.29) is 39.0 Å². The van der Waals surface area contributed by atoms with Gasteiger partial charge in [0.1, 0.15) is 11.4 Å². The number of rotatable bonds is 6. The number of aromatic carboxylic acids is 1. The van der Waals surface area contributed by atoms with Gasteiger partial charge in [-0.1, -0.05) is 44.5 Å². The highest BCUT2D eigenvalue weighted by molar-refractivity contribution is 7.89. The standard InChI is InChI=1S/C27H29ClFN3O5S/c1-27(2,3)15-4-8-18(9-5-15)38(36,37)30-16-10-11-31(13-16)24-21(29)12-19-23(22(24)28)32(17-6-7-17)14-20(25(19)33)26(34)35/h4-5,8-9,12,14,16-17,30H,6-7,10-11,13H2,1-3H3,(H,34,35). The maximum absolute atomic E-state index is 15.4. The van der Waals surface area contributed by atoms with Gasteiger partial charge in [0.05, 0.1) is 26.5 Å². The number of aromatic nitrogens is 1. The molecule has 8 nitrogen and oxygen atoms in total. The van der Waals surface area contributed by atoms with Crippen LogP contribution >= 0.6 is 11.6 Å². The second-order valence-corrected chi connectivity index (χ2v) is 13.2. The molecule has 1 saturated heterocycles. The Kier molecular flexibility index (Phi) is 6.56. The summed E-state index contributed by atoms with van der Waals surface area (Å²) in [4.78, 5) is 26.2. The summed E-state index contributed by atoms with van der Waals surface area (Å²) >= 11 is 6.71. The quantitative estimate of drug-likeness (QED) is 0.452. The van der Waals surface area contributed by atoms with Gasteiger partial charge in [-0.3, -0.25) is 4.79 Å². The summed E-state index contributed by atoms with van der Waals surface area (Å²) in [6, 6.07) is 7.31. The Hall–Kier alpha value is -2.95. The molecule has 2 fully saturated rings. The van der Waals surface area contributed by atoms with Crippen LogP contribution in [0, 0.1) is 5.82 Å². The molecule has 3 aromatic rings. The molecule has 0 amide bonds. The smallest absolute Gasteiger partial charge is 0.341 e. The molecule has 38 heavy (non-hydrogen) atoms. The van der Waals surface area contributed by atoms with Crippen LogP contribution in [0.2, 0.25) is 5.02 Å². The molecule has 2 aliphatic rings. The Balaban J connectivity index is 1.44. The fourth-order valence-electron chi connectivity index (χ4n) is 5.00. The minimum Gasteiger partial charge on any atom is -0.477 e. The van der Waals surface area contributed by atoms with Gasteiger partial charge >= 0.3 is 5.97 Å². The van der Waals surface area contributed by atoms with Gasteiger partial charge in [0, 0.05) is 31.4 Å². The highest BCUT2D eigenvalue weighted by atomic mass is 35.5. The summed E-state index contributed by atoms with van der Waals surface area (Å²) in [5, 5.41) is 9.40. The summed E-state index contributed by atoms with van der Waals surface area (Å²) in [5.41, 5.74) is 0.0610. The molecule has 1 aromatic heterocycles. The molecule has 0 spiro atoms. The molecule has 0 bridgehead atoms. The van der Waals surface area contributed by atoms with Crippen LogP contribution in [-0.2, 0) is 15.4 Å². The van der Waals surface area contributed by atoms with Crippen LogP contribution in [0.1, 0.15) is 62.0 Å². The van der Waals surface area contributed by atoms with Gasteiger partial charge in [-0.2, -0.15) is 0 Å². The summed E-state index contributed by atoms with van der Waals surface area (Å²) in [5.74, 6) is -2.14. The number of carboxylic acids is 1. The second kappa shape index (κ2) is 9.36. The van der Waals surface area contributed by atoms with Crippen LogP contribution in [0.4, 0.5) is 10.1 Å². The molecule has 1 saturated carbocycles. The van der Waals surface area contributed by atoms with Crippen LogP contribution < -0.4 is 15.1 Å². The van der Waals surface area contributed by atoms with Crippen LogP contribution in [0.25, 0.3) is 10.9 Å². The average Bonchev–Trinajstić information content (AvgIpc) is 3.58. The number of hydrogen-bond acceptors (Lipinski definition) is 5. The monoisotopic (exact) mass is 561 g/mol. The zero-order valence-corrected chi connectivity index (χ0v) is 22.9. The third kappa shape index (κ3) is 4.81. The summed E-state index contributed by atoms with van der Waals surface area (Å²) in [6.45, 7) is 6.68. The number of carbonyl (C=O) groups is 1. The predicted molar refractivity (Wildman–Crippen MR) is 144 cm³/mol. The molecule has 2 heterocycles. The molecule has 5 rings (SSSR count). The number of nitrogens with one attached hydrogen (secondary N) is 1. The number of pyridine rings is 1. The lowest BCUT2D eigenvalue weighted by molar-refractivity contribution is 0.0694. The Morgan fingerprint density at radius 1 is 1.16 bits per heavy atom. The Morgan fingerprint density at radius 3 is 2.39 bits per heavy atom. The fraction of sp³-hybridized carbons (Fsp3) is 0.407. The Labute approximate surface area is 225 Å². The molecule has 2 N–H and O–H groups in total. The number of anilines is 1. The average molecular weight is 562 g/mol. The largest absolute Gasteiger partial charge is 0.477 e. The normalized spacial score (nSPS) is 18.3. The molecule has 11 heteroatoms. The van der Waals surface area contributed by atoms with E-state index < -0.39 is 38.8 Å². The van der Waals surface area contributed by atoms with Gasteiger partial charge < -0.3 is 14.6 Å². The van der Waals surface area contributed by atoms with E-state index in [4.69, 9.17) is 11.6 Å². The van der Waals surface area contributed by atoms with E-state index in [0.29, 0.717) is 18.5 Å². The molecular weight excluding hydrogens is 533 g/mol. The molecule has 1 aliphatic carbocycles. The lowest BCUT2D eigenvalue weighted by Gasteiger charge is -2.23. The van der Waals surface area contributed by atoms with Gasteiger partial charge in [0.2, 0.25) is 15.5 Å². The van der Waals surface area contributed by atoms with Gasteiger partial charge in [0.25, 0.3) is 0 Å². The van der Waals surface area contributed by atoms with Crippen LogP contribution in [0.15, 0.2) is 46.2 Å². The molecule has 202 valence electrons. The van der Waals surface area contributed by atoms with Crippen molar-refractivity contribution in [1.29, 1.82) is 0 Å². The Bertz CT molecular complexity index is 1610. The number of hydrogen-bond donors (Lipinski definition) is 2. The van der Waals surface area contributed by atoms with Crippen molar-refractivity contribution in [1.82, 2.24) is 9.29 Å². The van der Waals surface area contributed by atoms with Crippen molar-refractivity contribution in [3.05, 3.63) is 68.7 Å². The first-order valence-corrected chi connectivity index (χ1v) is 14.3. The molecule has 2 aromatic carbocycles. The van der Waals surface area contributed by atoms with E-state index in [1.165, 1.54) is 6.20 Å². The van der Waals surface area contributed by atoms with Crippen LogP contribution in [0.5, 0.6) is 0 Å². The molecular formula is C27H29ClFN3O5S. The van der Waals surface area contributed by atoms with Crippen molar-refractivity contribution >= 4 is 44.2 Å². The van der Waals surface area contributed by atoms with E-state index in [1.807, 2.05) is 20.8 Å². The van der Waals surface area contributed by atoms with Gasteiger partial charge in [-0.25, -0.2) is 22.3 Å². The molecule has 1 aliphatic heterocycles. The van der Waals surface area contributed by atoms with Gasteiger partial charge in [0.15, 0.2) is 0 Å². The topological polar surface area (TPSA) is 109 Å². The summed E-state index contributed by atoms with van der Waals surface area (Å²) < 4.78 is 45.8. The third-order valence-corrected chi connectivity index (χ3v) is 9.11. The molecule has 1 unspecified atom stereocenters. The van der Waals surface area contributed by atoms with Crippen molar-refractivity contribution in [2.75, 3.05) is 18.0 Å². The number of halogens is 2. The van der Waals surface area contributed by atoms with E-state index in [0.717, 1.165) is 24.5 Å². The van der Waals surface area contributed by atoms with Crippen molar-refractivity contribution in [3.8, 4) is 0 Å². The van der Waals surface area contributed by atoms with Crippen molar-refractivity contribution in [3.63, 3.8) is 0 Å². The van der Waals surface area contributed by atoms with Crippen LogP contribution in [-0.4, -0.2) is 43.2 Å². The zero-order valence-electron chi connectivity index (χ0n) is 21.3. The predicted octanol–water partition coefficient (Wildman–Crippen LogP) is 4.68. The fourth-order valence-corrected chi connectivity index (χ4v) is 6.67. The van der Waals surface area contributed by atoms with E-state index in [1.54, 1.807) is 33.7 Å². The number of carboxylic acid groups (broad SMARTS) is 1. The first-order chi connectivity index (χ1) is 17.8. The van der Waals surface area contributed by atoms with Crippen molar-refractivity contribution in [2.45, 2.75) is 62.4 Å². The lowest BCUT2D eigenvalue weighted by Crippen LogP contribution is -2.37. The lowest BCUT2D eigenvalue weighted by atomic mass is 9.87. The zero-order chi connectivity index (χ0) is 27.6. The van der Waals surface area contributed by atoms with Gasteiger partial charge in [-0.05, 0) is 48.4 Å². The Morgan fingerprint density at radius 2 is 1.82 bits per heavy atom.